The number of benzene rings is 2. The van der Waals surface area contributed by atoms with Crippen LogP contribution in [0.1, 0.15) is 18.4 Å². The number of phenolic OH excluding ortho intramolecular Hbond substituents is 1. The zero-order valence-corrected chi connectivity index (χ0v) is 19.4. The van der Waals surface area contributed by atoms with Gasteiger partial charge in [0.15, 0.2) is 5.65 Å². The molecule has 174 valence electrons. The largest absolute Gasteiger partial charge is 0.508 e. The van der Waals surface area contributed by atoms with Gasteiger partial charge >= 0.3 is 0 Å². The second kappa shape index (κ2) is 8.75. The van der Waals surface area contributed by atoms with Crippen molar-refractivity contribution in [3.05, 3.63) is 58.1 Å². The Bertz CT molecular complexity index is 1370. The average molecular weight is 498 g/mol. The van der Waals surface area contributed by atoms with Crippen LogP contribution >= 0.6 is 23.2 Å². The van der Waals surface area contributed by atoms with E-state index in [1.807, 2.05) is 17.0 Å². The van der Waals surface area contributed by atoms with Gasteiger partial charge in [0.25, 0.3) is 0 Å². The van der Waals surface area contributed by atoms with Gasteiger partial charge in [-0.05, 0) is 36.6 Å². The molecule has 1 aliphatic rings. The van der Waals surface area contributed by atoms with Gasteiger partial charge in [-0.3, -0.25) is 9.89 Å². The minimum Gasteiger partial charge on any atom is -0.508 e. The number of aromatic amines is 1. The maximum absolute atomic E-state index is 11.4. The van der Waals surface area contributed by atoms with Crippen LogP contribution in [0, 0.1) is 0 Å². The molecule has 3 heterocycles. The van der Waals surface area contributed by atoms with Gasteiger partial charge in [0.05, 0.1) is 15.4 Å². The highest BCUT2D eigenvalue weighted by molar-refractivity contribution is 6.43. The van der Waals surface area contributed by atoms with Crippen molar-refractivity contribution in [3.63, 3.8) is 0 Å². The number of halogens is 2. The topological polar surface area (TPSA) is 133 Å². The number of carbonyl (C=O) groups excluding carboxylic acids is 1. The van der Waals surface area contributed by atoms with Crippen molar-refractivity contribution in [1.29, 1.82) is 0 Å². The van der Waals surface area contributed by atoms with E-state index in [0.717, 1.165) is 5.56 Å². The molecule has 4 aromatic rings. The average Bonchev–Trinajstić information content (AvgIpc) is 3.26. The Hall–Kier alpha value is -3.40. The fraction of sp³-hybridized carbons (Fsp3) is 0.217. The third-order valence-electron chi connectivity index (χ3n) is 6.19. The Morgan fingerprint density at radius 2 is 1.85 bits per heavy atom. The first kappa shape index (κ1) is 22.4. The van der Waals surface area contributed by atoms with Crippen LogP contribution in [0.25, 0.3) is 22.3 Å². The zero-order chi connectivity index (χ0) is 23.9. The molecule has 1 amide bonds. The lowest BCUT2D eigenvalue weighted by Gasteiger charge is -2.39. The summed E-state index contributed by atoms with van der Waals surface area (Å²) in [4.78, 5) is 22.7. The molecule has 0 spiro atoms. The van der Waals surface area contributed by atoms with E-state index in [-0.39, 0.29) is 5.75 Å². The van der Waals surface area contributed by atoms with Gasteiger partial charge in [0.1, 0.15) is 17.3 Å². The number of H-pyrrole nitrogens is 1. The molecule has 9 nitrogen and oxygen atoms in total. The second-order valence-corrected chi connectivity index (χ2v) is 9.01. The third kappa shape index (κ3) is 3.91. The number of nitrogens with one attached hydrogen (secondary N) is 2. The summed E-state index contributed by atoms with van der Waals surface area (Å²) >= 11 is 12.6. The number of rotatable bonds is 5. The number of phenols is 1. The molecule has 1 fully saturated rings. The lowest BCUT2D eigenvalue weighted by molar-refractivity contribution is -0.105. The van der Waals surface area contributed by atoms with Crippen molar-refractivity contribution in [2.75, 3.05) is 23.3 Å². The molecular formula is C23H21Cl2N7O2. The molecule has 0 unspecified atom stereocenters. The minimum atomic E-state index is -0.511. The molecule has 0 radical (unpaired) electrons. The van der Waals surface area contributed by atoms with Crippen molar-refractivity contribution in [3.8, 4) is 17.0 Å². The summed E-state index contributed by atoms with van der Waals surface area (Å²) in [5, 5.41) is 20.8. The molecule has 11 heteroatoms. The third-order valence-corrected chi connectivity index (χ3v) is 7.01. The van der Waals surface area contributed by atoms with Crippen LogP contribution in [-0.2, 0) is 10.3 Å². The molecule has 1 saturated heterocycles. The fourth-order valence-corrected chi connectivity index (χ4v) is 4.68. The van der Waals surface area contributed by atoms with Gasteiger partial charge in [-0.1, -0.05) is 47.5 Å². The number of hydrogen-bond donors (Lipinski definition) is 4. The van der Waals surface area contributed by atoms with Crippen molar-refractivity contribution < 1.29 is 9.90 Å². The van der Waals surface area contributed by atoms with E-state index in [9.17, 15) is 9.90 Å². The highest BCUT2D eigenvalue weighted by atomic mass is 35.5. The van der Waals surface area contributed by atoms with E-state index in [2.05, 4.69) is 25.5 Å². The molecule has 0 saturated carbocycles. The number of fused-ring (bicyclic) bond motifs is 1. The smallest absolute Gasteiger partial charge is 0.229 e. The van der Waals surface area contributed by atoms with Crippen LogP contribution in [0.2, 0.25) is 10.0 Å². The van der Waals surface area contributed by atoms with Gasteiger partial charge in [0, 0.05) is 24.2 Å². The maximum atomic E-state index is 11.4. The molecule has 0 atom stereocenters. The number of aromatic hydroxyl groups is 1. The molecule has 1 aliphatic heterocycles. The number of nitrogens with zero attached hydrogens (tertiary/aromatic N) is 4. The summed E-state index contributed by atoms with van der Waals surface area (Å²) in [7, 11) is 0. The first-order chi connectivity index (χ1) is 16.4. The number of carbonyl (C=O) groups is 1. The second-order valence-electron chi connectivity index (χ2n) is 8.22. The Labute approximate surface area is 204 Å². The van der Waals surface area contributed by atoms with Crippen LogP contribution < -0.4 is 16.0 Å². The number of hydrogen-bond acceptors (Lipinski definition) is 7. The summed E-state index contributed by atoms with van der Waals surface area (Å²) in [6.45, 7) is 1.23. The molecule has 2 aromatic heterocycles. The summed E-state index contributed by atoms with van der Waals surface area (Å²) in [5.41, 5.74) is 8.70. The first-order valence-corrected chi connectivity index (χ1v) is 11.4. The van der Waals surface area contributed by atoms with Crippen LogP contribution in [0.3, 0.4) is 0 Å². The Kier molecular flexibility index (Phi) is 5.76. The summed E-state index contributed by atoms with van der Waals surface area (Å²) in [6.07, 6.45) is 1.90. The highest BCUT2D eigenvalue weighted by Crippen LogP contribution is 2.39. The van der Waals surface area contributed by atoms with Crippen LogP contribution in [0.4, 0.5) is 11.8 Å². The minimum absolute atomic E-state index is 0.208. The van der Waals surface area contributed by atoms with Crippen molar-refractivity contribution in [2.24, 2.45) is 5.73 Å². The van der Waals surface area contributed by atoms with E-state index in [1.165, 1.54) is 0 Å². The monoisotopic (exact) mass is 497 g/mol. The molecule has 0 aliphatic carbocycles. The van der Waals surface area contributed by atoms with E-state index < -0.39 is 5.54 Å². The van der Waals surface area contributed by atoms with Crippen LogP contribution in [-0.4, -0.2) is 44.8 Å². The normalized spacial score (nSPS) is 15.4. The molecule has 5 N–H and O–H groups in total. The Morgan fingerprint density at radius 1 is 1.12 bits per heavy atom. The van der Waals surface area contributed by atoms with E-state index >= 15 is 0 Å². The van der Waals surface area contributed by atoms with Gasteiger partial charge in [-0.25, -0.2) is 0 Å². The number of amides is 1. The Morgan fingerprint density at radius 3 is 2.56 bits per heavy atom. The predicted molar refractivity (Wildman–Crippen MR) is 132 cm³/mol. The van der Waals surface area contributed by atoms with Crippen molar-refractivity contribution >= 4 is 52.4 Å². The van der Waals surface area contributed by atoms with Crippen LogP contribution in [0.15, 0.2) is 42.5 Å². The number of nitrogens with two attached hydrogens (primary N) is 1. The van der Waals surface area contributed by atoms with Crippen molar-refractivity contribution in [1.82, 2.24) is 20.2 Å². The number of anilines is 2. The quantitative estimate of drug-likeness (QED) is 0.305. The van der Waals surface area contributed by atoms with Crippen molar-refractivity contribution in [2.45, 2.75) is 18.4 Å². The predicted octanol–water partition coefficient (Wildman–Crippen LogP) is 4.06. The van der Waals surface area contributed by atoms with Gasteiger partial charge < -0.3 is 21.1 Å². The number of piperidine rings is 1. The van der Waals surface area contributed by atoms with Gasteiger partial charge in [0.2, 0.25) is 12.4 Å². The van der Waals surface area contributed by atoms with Gasteiger partial charge in [-0.15, -0.1) is 0 Å². The highest BCUT2D eigenvalue weighted by Gasteiger charge is 2.33. The zero-order valence-electron chi connectivity index (χ0n) is 17.9. The lowest BCUT2D eigenvalue weighted by Crippen LogP contribution is -2.48. The van der Waals surface area contributed by atoms with Crippen LogP contribution in [0.5, 0.6) is 5.75 Å². The maximum Gasteiger partial charge on any atom is 0.229 e. The lowest BCUT2D eigenvalue weighted by atomic mass is 9.82. The molecule has 34 heavy (non-hydrogen) atoms. The van der Waals surface area contributed by atoms with E-state index in [0.29, 0.717) is 76.4 Å². The SMILES string of the molecule is NC1(c2ccc(O)cc2)CCN(c2nc(NC=O)c3c(-c4cccc(Cl)c4Cl)n[nH]c3n2)CC1. The van der Waals surface area contributed by atoms with Gasteiger partial charge in [-0.2, -0.15) is 15.1 Å². The molecule has 5 rings (SSSR count). The first-order valence-electron chi connectivity index (χ1n) is 10.6. The summed E-state index contributed by atoms with van der Waals surface area (Å²) in [6, 6.07) is 12.2. The molecular weight excluding hydrogens is 477 g/mol. The Balaban J connectivity index is 1.48. The standard InChI is InChI=1S/C23H21Cl2N7O2/c24-16-3-1-2-15(18(16)25)19-17-20(27-12-33)28-22(29-21(17)31-30-19)32-10-8-23(26,9-11-32)13-4-6-14(34)7-5-13/h1-7,12,34H,8-11,26H2,(H2,27,28,29,30,31,33). The fourth-order valence-electron chi connectivity index (χ4n) is 4.29. The molecule has 2 aromatic carbocycles. The summed E-state index contributed by atoms with van der Waals surface area (Å²) in [5.74, 6) is 0.981. The summed E-state index contributed by atoms with van der Waals surface area (Å²) < 4.78 is 0. The van der Waals surface area contributed by atoms with E-state index in [4.69, 9.17) is 28.9 Å². The number of aromatic nitrogens is 4. The van der Waals surface area contributed by atoms with E-state index in [1.54, 1.807) is 30.3 Å². The molecule has 0 bridgehead atoms.